The smallest absolute Gasteiger partial charge is 0.336 e. The summed E-state index contributed by atoms with van der Waals surface area (Å²) >= 11 is 1.33. The predicted molar refractivity (Wildman–Crippen MR) is 116 cm³/mol. The first-order valence-corrected chi connectivity index (χ1v) is 10.2. The SMILES string of the molecule is COCCCN(C(=O)c1ccccc1C(=O)O)c1nc(-c2ccc(OC)cc2)cs1. The van der Waals surface area contributed by atoms with Crippen molar-refractivity contribution in [2.75, 3.05) is 32.3 Å². The van der Waals surface area contributed by atoms with Crippen LogP contribution in [0.25, 0.3) is 11.3 Å². The van der Waals surface area contributed by atoms with Crippen LogP contribution in [0.1, 0.15) is 27.1 Å². The Kier molecular flexibility index (Phi) is 7.16. The molecule has 0 unspecified atom stereocenters. The van der Waals surface area contributed by atoms with Gasteiger partial charge < -0.3 is 14.6 Å². The normalized spacial score (nSPS) is 10.6. The van der Waals surface area contributed by atoms with E-state index in [1.54, 1.807) is 26.4 Å². The van der Waals surface area contributed by atoms with Crippen LogP contribution in [0, 0.1) is 0 Å². The minimum Gasteiger partial charge on any atom is -0.497 e. The summed E-state index contributed by atoms with van der Waals surface area (Å²) in [4.78, 5) is 31.0. The number of benzene rings is 2. The van der Waals surface area contributed by atoms with Gasteiger partial charge in [0.25, 0.3) is 5.91 Å². The highest BCUT2D eigenvalue weighted by Crippen LogP contribution is 2.30. The number of amides is 1. The lowest BCUT2D eigenvalue weighted by Crippen LogP contribution is -2.33. The van der Waals surface area contributed by atoms with Crippen molar-refractivity contribution in [1.82, 2.24) is 4.98 Å². The maximum Gasteiger partial charge on any atom is 0.336 e. The molecule has 0 aliphatic carbocycles. The summed E-state index contributed by atoms with van der Waals surface area (Å²) in [5.74, 6) is -0.801. The van der Waals surface area contributed by atoms with Gasteiger partial charge in [-0.15, -0.1) is 11.3 Å². The molecule has 7 nitrogen and oxygen atoms in total. The zero-order chi connectivity index (χ0) is 21.5. The molecule has 1 aromatic heterocycles. The Morgan fingerprint density at radius 1 is 1.07 bits per heavy atom. The lowest BCUT2D eigenvalue weighted by molar-refractivity contribution is 0.0692. The standard InChI is InChI=1S/C22H22N2O5S/c1-28-13-5-12-24(20(25)17-6-3-4-7-18(17)21(26)27)22-23-19(14-30-22)15-8-10-16(29-2)11-9-15/h3-4,6-11,14H,5,12-13H2,1-2H3,(H,26,27). The molecule has 1 amide bonds. The average molecular weight is 426 g/mol. The molecule has 8 heteroatoms. The Balaban J connectivity index is 1.93. The van der Waals surface area contributed by atoms with Gasteiger partial charge in [-0.05, 0) is 42.8 Å². The maximum absolute atomic E-state index is 13.3. The van der Waals surface area contributed by atoms with Crippen molar-refractivity contribution in [3.8, 4) is 17.0 Å². The van der Waals surface area contributed by atoms with Crippen LogP contribution in [0.2, 0.25) is 0 Å². The first-order valence-electron chi connectivity index (χ1n) is 9.28. The monoisotopic (exact) mass is 426 g/mol. The van der Waals surface area contributed by atoms with E-state index in [1.165, 1.54) is 28.4 Å². The van der Waals surface area contributed by atoms with E-state index < -0.39 is 11.9 Å². The third-order valence-corrected chi connectivity index (χ3v) is 5.34. The van der Waals surface area contributed by atoms with Gasteiger partial charge in [0, 0.05) is 31.2 Å². The quantitative estimate of drug-likeness (QED) is 0.516. The molecule has 30 heavy (non-hydrogen) atoms. The summed E-state index contributed by atoms with van der Waals surface area (Å²) in [6.45, 7) is 0.831. The van der Waals surface area contributed by atoms with E-state index in [0.717, 1.165) is 17.0 Å². The van der Waals surface area contributed by atoms with Crippen molar-refractivity contribution in [3.63, 3.8) is 0 Å². The molecule has 0 fully saturated rings. The Hall–Kier alpha value is -3.23. The van der Waals surface area contributed by atoms with E-state index in [-0.39, 0.29) is 11.1 Å². The van der Waals surface area contributed by atoms with Crippen molar-refractivity contribution >= 4 is 28.3 Å². The van der Waals surface area contributed by atoms with Crippen LogP contribution in [0.3, 0.4) is 0 Å². The van der Waals surface area contributed by atoms with Crippen LogP contribution in [-0.4, -0.2) is 49.3 Å². The van der Waals surface area contributed by atoms with Gasteiger partial charge in [-0.2, -0.15) is 0 Å². The van der Waals surface area contributed by atoms with Gasteiger partial charge in [0.15, 0.2) is 5.13 Å². The Morgan fingerprint density at radius 2 is 1.77 bits per heavy atom. The number of aromatic carboxylic acids is 1. The Bertz CT molecular complexity index is 1020. The van der Waals surface area contributed by atoms with Crippen LogP contribution in [0.4, 0.5) is 5.13 Å². The number of nitrogens with zero attached hydrogens (tertiary/aromatic N) is 2. The number of carboxylic acids is 1. The highest BCUT2D eigenvalue weighted by Gasteiger charge is 2.24. The number of hydrogen-bond acceptors (Lipinski definition) is 6. The number of carbonyl (C=O) groups excluding carboxylic acids is 1. The predicted octanol–water partition coefficient (Wildman–Crippen LogP) is 4.20. The van der Waals surface area contributed by atoms with Gasteiger partial charge in [-0.3, -0.25) is 9.69 Å². The zero-order valence-electron chi connectivity index (χ0n) is 16.7. The van der Waals surface area contributed by atoms with Gasteiger partial charge in [0.05, 0.1) is 23.9 Å². The highest BCUT2D eigenvalue weighted by molar-refractivity contribution is 7.14. The number of methoxy groups -OCH3 is 2. The van der Waals surface area contributed by atoms with Crippen molar-refractivity contribution < 1.29 is 24.2 Å². The summed E-state index contributed by atoms with van der Waals surface area (Å²) in [5.41, 5.74) is 1.72. The number of ether oxygens (including phenoxy) is 2. The average Bonchev–Trinajstić information content (AvgIpc) is 3.26. The molecular weight excluding hydrogens is 404 g/mol. The maximum atomic E-state index is 13.3. The third kappa shape index (κ3) is 4.84. The first-order chi connectivity index (χ1) is 14.5. The van der Waals surface area contributed by atoms with Gasteiger partial charge in [0.1, 0.15) is 5.75 Å². The second kappa shape index (κ2) is 10.00. The van der Waals surface area contributed by atoms with Crippen molar-refractivity contribution in [3.05, 3.63) is 65.0 Å². The fraction of sp³-hybridized carbons (Fsp3) is 0.227. The topological polar surface area (TPSA) is 89.0 Å². The summed E-state index contributed by atoms with van der Waals surface area (Å²) < 4.78 is 10.3. The molecule has 156 valence electrons. The molecule has 0 saturated carbocycles. The number of aromatic nitrogens is 1. The summed E-state index contributed by atoms with van der Waals surface area (Å²) in [6.07, 6.45) is 0.592. The highest BCUT2D eigenvalue weighted by atomic mass is 32.1. The van der Waals surface area contributed by atoms with Crippen LogP contribution in [0.5, 0.6) is 5.75 Å². The van der Waals surface area contributed by atoms with Gasteiger partial charge in [-0.1, -0.05) is 12.1 Å². The number of rotatable bonds is 9. The van der Waals surface area contributed by atoms with Gasteiger partial charge in [0.2, 0.25) is 0 Å². The van der Waals surface area contributed by atoms with Gasteiger partial charge >= 0.3 is 5.97 Å². The number of thiazole rings is 1. The van der Waals surface area contributed by atoms with Crippen LogP contribution >= 0.6 is 11.3 Å². The lowest BCUT2D eigenvalue weighted by atomic mass is 10.1. The van der Waals surface area contributed by atoms with Crippen molar-refractivity contribution in [1.29, 1.82) is 0 Å². The molecular formula is C22H22N2O5S. The van der Waals surface area contributed by atoms with Crippen LogP contribution in [-0.2, 0) is 4.74 Å². The molecule has 0 bridgehead atoms. The molecule has 1 N–H and O–H groups in total. The molecule has 0 aliphatic rings. The minimum atomic E-state index is -1.14. The fourth-order valence-corrected chi connectivity index (χ4v) is 3.79. The largest absolute Gasteiger partial charge is 0.497 e. The molecule has 0 radical (unpaired) electrons. The Morgan fingerprint density at radius 3 is 2.40 bits per heavy atom. The molecule has 2 aromatic carbocycles. The second-order valence-electron chi connectivity index (χ2n) is 6.40. The van der Waals surface area contributed by atoms with E-state index in [2.05, 4.69) is 4.98 Å². The molecule has 0 saturated heterocycles. The number of anilines is 1. The molecule has 1 heterocycles. The zero-order valence-corrected chi connectivity index (χ0v) is 17.5. The van der Waals surface area contributed by atoms with Crippen LogP contribution in [0.15, 0.2) is 53.9 Å². The Labute approximate surface area is 178 Å². The molecule has 0 aliphatic heterocycles. The molecule has 0 spiro atoms. The van der Waals surface area contributed by atoms with E-state index >= 15 is 0 Å². The van der Waals surface area contributed by atoms with E-state index in [4.69, 9.17) is 9.47 Å². The molecule has 0 atom stereocenters. The molecule has 3 rings (SSSR count). The number of carbonyl (C=O) groups is 2. The third-order valence-electron chi connectivity index (χ3n) is 4.47. The summed E-state index contributed by atoms with van der Waals surface area (Å²) in [5, 5.41) is 11.8. The number of carboxylic acid groups (broad SMARTS) is 1. The fourth-order valence-electron chi connectivity index (χ4n) is 2.94. The first kappa shape index (κ1) is 21.5. The van der Waals surface area contributed by atoms with E-state index in [9.17, 15) is 14.7 Å². The minimum absolute atomic E-state index is 0.0359. The van der Waals surface area contributed by atoms with Crippen molar-refractivity contribution in [2.45, 2.75) is 6.42 Å². The number of hydrogen-bond donors (Lipinski definition) is 1. The summed E-state index contributed by atoms with van der Waals surface area (Å²) in [6, 6.07) is 13.7. The second-order valence-corrected chi connectivity index (χ2v) is 7.23. The lowest BCUT2D eigenvalue weighted by Gasteiger charge is -2.20. The van der Waals surface area contributed by atoms with Crippen LogP contribution < -0.4 is 9.64 Å². The van der Waals surface area contributed by atoms with E-state index in [1.807, 2.05) is 29.6 Å². The summed E-state index contributed by atoms with van der Waals surface area (Å²) in [7, 11) is 3.20. The van der Waals surface area contributed by atoms with Crippen molar-refractivity contribution in [2.24, 2.45) is 0 Å². The van der Waals surface area contributed by atoms with Gasteiger partial charge in [-0.25, -0.2) is 9.78 Å². The molecule has 3 aromatic rings. The van der Waals surface area contributed by atoms with E-state index in [0.29, 0.717) is 24.7 Å².